The Morgan fingerprint density at radius 3 is 2.41 bits per heavy atom. The number of aryl methyl sites for hydroxylation is 1. The minimum atomic E-state index is -0.652. The van der Waals surface area contributed by atoms with Crippen LogP contribution in [0.4, 0.5) is 0 Å². The summed E-state index contributed by atoms with van der Waals surface area (Å²) in [6.45, 7) is 10.7. The van der Waals surface area contributed by atoms with E-state index in [1.807, 2.05) is 25.5 Å². The first kappa shape index (κ1) is 14.2. The molecule has 0 saturated carbocycles. The van der Waals surface area contributed by atoms with Crippen LogP contribution in [-0.2, 0) is 11.8 Å². The molecule has 4 nitrogen and oxygen atoms in total. The van der Waals surface area contributed by atoms with Gasteiger partial charge in [-0.05, 0) is 19.3 Å². The lowest BCUT2D eigenvalue weighted by atomic mass is 9.84. The SMILES string of the molecule is CCOC(C(O)c1cnc(C)n1C)C(C)(C)C. The van der Waals surface area contributed by atoms with Gasteiger partial charge in [0.15, 0.2) is 0 Å². The Hall–Kier alpha value is -0.870. The fourth-order valence-corrected chi connectivity index (χ4v) is 1.94. The Morgan fingerprint density at radius 2 is 2.06 bits per heavy atom. The van der Waals surface area contributed by atoms with E-state index in [0.29, 0.717) is 6.61 Å². The molecule has 1 rings (SSSR count). The average molecular weight is 240 g/mol. The van der Waals surface area contributed by atoms with Gasteiger partial charge in [0, 0.05) is 13.7 Å². The zero-order chi connectivity index (χ0) is 13.2. The smallest absolute Gasteiger partial charge is 0.122 e. The van der Waals surface area contributed by atoms with Crippen molar-refractivity contribution in [1.29, 1.82) is 0 Å². The van der Waals surface area contributed by atoms with Crippen LogP contribution >= 0.6 is 0 Å². The maximum absolute atomic E-state index is 10.5. The summed E-state index contributed by atoms with van der Waals surface area (Å²) in [5, 5.41) is 10.5. The molecule has 0 spiro atoms. The highest BCUT2D eigenvalue weighted by molar-refractivity contribution is 5.10. The molecule has 4 heteroatoms. The van der Waals surface area contributed by atoms with Gasteiger partial charge in [0.25, 0.3) is 0 Å². The Kier molecular flexibility index (Phi) is 4.33. The van der Waals surface area contributed by atoms with Gasteiger partial charge in [0.2, 0.25) is 0 Å². The summed E-state index contributed by atoms with van der Waals surface area (Å²) in [5.41, 5.74) is 0.684. The molecule has 0 saturated heterocycles. The van der Waals surface area contributed by atoms with E-state index in [1.54, 1.807) is 6.20 Å². The van der Waals surface area contributed by atoms with Crippen LogP contribution in [0.5, 0.6) is 0 Å². The number of imidazole rings is 1. The maximum Gasteiger partial charge on any atom is 0.122 e. The highest BCUT2D eigenvalue weighted by Gasteiger charge is 2.34. The third-order valence-corrected chi connectivity index (χ3v) is 3.05. The number of rotatable bonds is 4. The fourth-order valence-electron chi connectivity index (χ4n) is 1.94. The van der Waals surface area contributed by atoms with E-state index < -0.39 is 6.10 Å². The summed E-state index contributed by atoms with van der Waals surface area (Å²) in [4.78, 5) is 4.21. The zero-order valence-corrected chi connectivity index (χ0v) is 11.7. The fraction of sp³-hybridized carbons (Fsp3) is 0.769. The van der Waals surface area contributed by atoms with Crippen LogP contribution in [0, 0.1) is 12.3 Å². The molecule has 0 aliphatic heterocycles. The lowest BCUT2D eigenvalue weighted by molar-refractivity contribution is -0.0921. The van der Waals surface area contributed by atoms with E-state index in [4.69, 9.17) is 4.74 Å². The van der Waals surface area contributed by atoms with Gasteiger partial charge >= 0.3 is 0 Å². The number of nitrogens with zero attached hydrogens (tertiary/aromatic N) is 2. The minimum Gasteiger partial charge on any atom is -0.384 e. The summed E-state index contributed by atoms with van der Waals surface area (Å²) >= 11 is 0. The summed E-state index contributed by atoms with van der Waals surface area (Å²) in [6.07, 6.45) is 0.834. The summed E-state index contributed by atoms with van der Waals surface area (Å²) in [6, 6.07) is 0. The first-order valence-corrected chi connectivity index (χ1v) is 6.07. The third kappa shape index (κ3) is 3.07. The van der Waals surface area contributed by atoms with Crippen molar-refractivity contribution in [1.82, 2.24) is 9.55 Å². The van der Waals surface area contributed by atoms with Crippen molar-refractivity contribution in [3.63, 3.8) is 0 Å². The topological polar surface area (TPSA) is 47.3 Å². The third-order valence-electron chi connectivity index (χ3n) is 3.05. The zero-order valence-electron chi connectivity index (χ0n) is 11.7. The monoisotopic (exact) mass is 240 g/mol. The normalized spacial score (nSPS) is 15.9. The van der Waals surface area contributed by atoms with Gasteiger partial charge in [-0.25, -0.2) is 4.98 Å². The minimum absolute atomic E-state index is 0.117. The number of aliphatic hydroxyl groups excluding tert-OH is 1. The number of aliphatic hydroxyl groups is 1. The van der Waals surface area contributed by atoms with E-state index >= 15 is 0 Å². The molecule has 1 N–H and O–H groups in total. The largest absolute Gasteiger partial charge is 0.384 e. The van der Waals surface area contributed by atoms with Crippen molar-refractivity contribution >= 4 is 0 Å². The number of hydrogen-bond acceptors (Lipinski definition) is 3. The standard InChI is InChI=1S/C13H24N2O2/c1-7-17-12(13(3,4)5)11(16)10-8-14-9(2)15(10)6/h8,11-12,16H,7H2,1-6H3. The molecule has 0 aliphatic carbocycles. The maximum atomic E-state index is 10.5. The molecule has 0 fully saturated rings. The van der Waals surface area contributed by atoms with Crippen LogP contribution in [0.3, 0.4) is 0 Å². The quantitative estimate of drug-likeness (QED) is 0.877. The Morgan fingerprint density at radius 1 is 1.47 bits per heavy atom. The molecular weight excluding hydrogens is 216 g/mol. The van der Waals surface area contributed by atoms with Gasteiger partial charge in [-0.2, -0.15) is 0 Å². The van der Waals surface area contributed by atoms with Crippen LogP contribution in [0.25, 0.3) is 0 Å². The van der Waals surface area contributed by atoms with E-state index in [9.17, 15) is 5.11 Å². The number of aromatic nitrogens is 2. The lowest BCUT2D eigenvalue weighted by Gasteiger charge is -2.34. The molecule has 1 aromatic rings. The average Bonchev–Trinajstić information content (AvgIpc) is 2.54. The number of ether oxygens (including phenoxy) is 1. The second kappa shape index (κ2) is 5.19. The molecule has 0 amide bonds. The molecule has 0 aromatic carbocycles. The van der Waals surface area contributed by atoms with Gasteiger partial charge in [-0.15, -0.1) is 0 Å². The first-order valence-electron chi connectivity index (χ1n) is 6.07. The van der Waals surface area contributed by atoms with Crippen molar-refractivity contribution in [2.45, 2.75) is 46.8 Å². The number of hydrogen-bond donors (Lipinski definition) is 1. The van der Waals surface area contributed by atoms with Crippen LogP contribution in [0.1, 0.15) is 45.3 Å². The molecular formula is C13H24N2O2. The molecule has 17 heavy (non-hydrogen) atoms. The van der Waals surface area contributed by atoms with Crippen molar-refractivity contribution in [3.8, 4) is 0 Å². The van der Waals surface area contributed by atoms with Gasteiger partial charge in [0.1, 0.15) is 11.9 Å². The van der Waals surface area contributed by atoms with Crippen LogP contribution in [0.2, 0.25) is 0 Å². The summed E-state index contributed by atoms with van der Waals surface area (Å²) in [7, 11) is 1.91. The molecule has 2 atom stereocenters. The predicted molar refractivity (Wildman–Crippen MR) is 67.8 cm³/mol. The van der Waals surface area contributed by atoms with Gasteiger partial charge < -0.3 is 14.4 Å². The Balaban J connectivity index is 3.00. The van der Waals surface area contributed by atoms with Crippen molar-refractivity contribution < 1.29 is 9.84 Å². The van der Waals surface area contributed by atoms with Crippen LogP contribution in [0.15, 0.2) is 6.20 Å². The Labute approximate surface area is 104 Å². The summed E-state index contributed by atoms with van der Waals surface area (Å²) < 4.78 is 7.60. The van der Waals surface area contributed by atoms with Crippen molar-refractivity contribution in [3.05, 3.63) is 17.7 Å². The van der Waals surface area contributed by atoms with Gasteiger partial charge in [0.05, 0.1) is 18.0 Å². The Bertz CT molecular complexity index is 366. The molecule has 2 unspecified atom stereocenters. The highest BCUT2D eigenvalue weighted by Crippen LogP contribution is 2.32. The predicted octanol–water partition coefficient (Wildman–Crippen LogP) is 2.21. The second-order valence-corrected chi connectivity index (χ2v) is 5.48. The van der Waals surface area contributed by atoms with Crippen molar-refractivity contribution in [2.24, 2.45) is 12.5 Å². The van der Waals surface area contributed by atoms with E-state index in [0.717, 1.165) is 11.5 Å². The van der Waals surface area contributed by atoms with E-state index in [1.165, 1.54) is 0 Å². The highest BCUT2D eigenvalue weighted by atomic mass is 16.5. The van der Waals surface area contributed by atoms with Crippen molar-refractivity contribution in [2.75, 3.05) is 6.61 Å². The van der Waals surface area contributed by atoms with Gasteiger partial charge in [-0.1, -0.05) is 20.8 Å². The first-order chi connectivity index (χ1) is 7.79. The van der Waals surface area contributed by atoms with E-state index in [2.05, 4.69) is 25.8 Å². The summed E-state index contributed by atoms with van der Waals surface area (Å²) in [5.74, 6) is 0.892. The molecule has 98 valence electrons. The lowest BCUT2D eigenvalue weighted by Crippen LogP contribution is -2.36. The second-order valence-electron chi connectivity index (χ2n) is 5.48. The van der Waals surface area contributed by atoms with Crippen LogP contribution < -0.4 is 0 Å². The van der Waals surface area contributed by atoms with E-state index in [-0.39, 0.29) is 11.5 Å². The molecule has 1 heterocycles. The van der Waals surface area contributed by atoms with Gasteiger partial charge in [-0.3, -0.25) is 0 Å². The molecule has 1 aromatic heterocycles. The molecule has 0 radical (unpaired) electrons. The van der Waals surface area contributed by atoms with Crippen LogP contribution in [-0.4, -0.2) is 27.4 Å². The molecule has 0 bridgehead atoms. The molecule has 0 aliphatic rings.